The van der Waals surface area contributed by atoms with Crippen molar-refractivity contribution in [2.45, 2.75) is 58.7 Å². The van der Waals surface area contributed by atoms with Crippen LogP contribution in [0.2, 0.25) is 0 Å². The maximum absolute atomic E-state index is 5.76. The average Bonchev–Trinajstić information content (AvgIpc) is 3.24. The predicted molar refractivity (Wildman–Crippen MR) is 109 cm³/mol. The minimum absolute atomic E-state index is 0.178. The Bertz CT molecular complexity index is 825. The number of rotatable bonds is 6. The topological polar surface area (TPSA) is 100 Å². The molecule has 0 amide bonds. The summed E-state index contributed by atoms with van der Waals surface area (Å²) < 4.78 is 28.1. The lowest BCUT2D eigenvalue weighted by Gasteiger charge is -2.27. The van der Waals surface area contributed by atoms with Crippen LogP contribution >= 0.6 is 0 Å². The summed E-state index contributed by atoms with van der Waals surface area (Å²) in [6.45, 7) is 11.0. The van der Waals surface area contributed by atoms with Crippen LogP contribution in [-0.4, -0.2) is 67.9 Å². The van der Waals surface area contributed by atoms with Gasteiger partial charge in [-0.15, -0.1) is 0 Å². The molecule has 29 heavy (non-hydrogen) atoms. The molecule has 9 heteroatoms. The van der Waals surface area contributed by atoms with Crippen molar-refractivity contribution in [3.8, 4) is 5.88 Å². The molecule has 0 aliphatic carbocycles. The molecule has 3 rings (SSSR count). The van der Waals surface area contributed by atoms with E-state index in [0.29, 0.717) is 49.0 Å². The largest absolute Gasteiger partial charge is 0.483 e. The molecule has 2 atom stereocenters. The van der Waals surface area contributed by atoms with Gasteiger partial charge in [0.05, 0.1) is 31.9 Å². The summed E-state index contributed by atoms with van der Waals surface area (Å²) in [4.78, 5) is 14.1. The van der Waals surface area contributed by atoms with Gasteiger partial charge in [-0.2, -0.15) is 0 Å². The summed E-state index contributed by atoms with van der Waals surface area (Å²) >= 11 is 0. The molecule has 1 aromatic rings. The summed E-state index contributed by atoms with van der Waals surface area (Å²) in [5.74, 6) is 2.62. The molecule has 0 saturated heterocycles. The van der Waals surface area contributed by atoms with E-state index in [2.05, 4.69) is 24.0 Å². The third-order valence-corrected chi connectivity index (χ3v) is 4.73. The van der Waals surface area contributed by atoms with Crippen LogP contribution in [0.5, 0.6) is 5.88 Å². The zero-order chi connectivity index (χ0) is 21.2. The Morgan fingerprint density at radius 1 is 1.14 bits per heavy atom. The lowest BCUT2D eigenvalue weighted by molar-refractivity contribution is 0.268. The SMILES string of the molecule is CCOc1noc(C2=NC(C)(C)CO2)c1C[C@@H]1N=C(OC)[C@@H](C(C)C)N=C1OC. The highest BCUT2D eigenvalue weighted by atomic mass is 16.6. The second-order valence-electron chi connectivity index (χ2n) is 8.00. The van der Waals surface area contributed by atoms with Crippen LogP contribution in [0.1, 0.15) is 45.9 Å². The molecular formula is C20H30N4O5. The van der Waals surface area contributed by atoms with E-state index in [1.165, 1.54) is 0 Å². The molecule has 0 unspecified atom stereocenters. The lowest BCUT2D eigenvalue weighted by atomic mass is 10.0. The van der Waals surface area contributed by atoms with Gasteiger partial charge in [-0.3, -0.25) is 0 Å². The first-order valence-corrected chi connectivity index (χ1v) is 9.87. The summed E-state index contributed by atoms with van der Waals surface area (Å²) in [6.07, 6.45) is 0.404. The molecule has 9 nitrogen and oxygen atoms in total. The molecule has 0 aromatic carbocycles. The number of ether oxygens (including phenoxy) is 4. The Hall–Kier alpha value is -2.58. The fourth-order valence-corrected chi connectivity index (χ4v) is 3.28. The van der Waals surface area contributed by atoms with Crippen molar-refractivity contribution < 1.29 is 23.5 Å². The molecule has 160 valence electrons. The second-order valence-corrected chi connectivity index (χ2v) is 8.00. The van der Waals surface area contributed by atoms with Crippen molar-refractivity contribution in [2.75, 3.05) is 27.4 Å². The first kappa shape index (κ1) is 21.1. The van der Waals surface area contributed by atoms with Gasteiger partial charge in [0.15, 0.2) is 0 Å². The first-order chi connectivity index (χ1) is 13.8. The molecule has 0 N–H and O–H groups in total. The standard InChI is InChI=1S/C20H30N4O5/c1-8-27-16-12(15(29-24-16)19-23-20(4,5)10-28-19)9-13-17(25-6)22-14(11(2)3)18(21-13)26-7/h11,13-14H,8-10H2,1-7H3/t13-,14+/m0/s1. The van der Waals surface area contributed by atoms with Crippen LogP contribution in [0.15, 0.2) is 19.5 Å². The van der Waals surface area contributed by atoms with Gasteiger partial charge < -0.3 is 23.5 Å². The van der Waals surface area contributed by atoms with Crippen molar-refractivity contribution in [3.05, 3.63) is 11.3 Å². The van der Waals surface area contributed by atoms with E-state index in [4.69, 9.17) is 33.5 Å². The van der Waals surface area contributed by atoms with Crippen LogP contribution in [0.4, 0.5) is 0 Å². The Morgan fingerprint density at radius 3 is 2.41 bits per heavy atom. The third-order valence-electron chi connectivity index (χ3n) is 4.73. The number of nitrogens with zero attached hydrogens (tertiary/aromatic N) is 4. The smallest absolute Gasteiger partial charge is 0.258 e. The van der Waals surface area contributed by atoms with E-state index < -0.39 is 6.04 Å². The maximum atomic E-state index is 5.76. The van der Waals surface area contributed by atoms with E-state index in [1.54, 1.807) is 14.2 Å². The minimum Gasteiger partial charge on any atom is -0.483 e. The molecule has 2 aliphatic heterocycles. The van der Waals surface area contributed by atoms with Gasteiger partial charge in [0, 0.05) is 6.42 Å². The predicted octanol–water partition coefficient (Wildman–Crippen LogP) is 2.67. The summed E-state index contributed by atoms with van der Waals surface area (Å²) in [7, 11) is 3.21. The van der Waals surface area contributed by atoms with E-state index in [-0.39, 0.29) is 17.5 Å². The van der Waals surface area contributed by atoms with Gasteiger partial charge >= 0.3 is 0 Å². The number of hydrogen-bond donors (Lipinski definition) is 0. The van der Waals surface area contributed by atoms with Crippen LogP contribution in [0.25, 0.3) is 0 Å². The molecule has 0 bridgehead atoms. The van der Waals surface area contributed by atoms with Crippen LogP contribution in [-0.2, 0) is 20.6 Å². The number of hydrogen-bond acceptors (Lipinski definition) is 9. The Labute approximate surface area is 171 Å². The summed E-state index contributed by atoms with van der Waals surface area (Å²) in [5.41, 5.74) is 0.404. The zero-order valence-corrected chi connectivity index (χ0v) is 18.2. The molecule has 0 fully saturated rings. The lowest BCUT2D eigenvalue weighted by Crippen LogP contribution is -2.38. The molecule has 3 heterocycles. The molecular weight excluding hydrogens is 376 g/mol. The first-order valence-electron chi connectivity index (χ1n) is 9.87. The maximum Gasteiger partial charge on any atom is 0.258 e. The Balaban J connectivity index is 1.97. The van der Waals surface area contributed by atoms with Crippen molar-refractivity contribution >= 4 is 17.7 Å². The summed E-state index contributed by atoms with van der Waals surface area (Å²) in [6, 6.07) is -0.569. The highest BCUT2D eigenvalue weighted by Crippen LogP contribution is 2.30. The van der Waals surface area contributed by atoms with Gasteiger partial charge in [0.1, 0.15) is 18.7 Å². The molecule has 2 aliphatic rings. The average molecular weight is 406 g/mol. The van der Waals surface area contributed by atoms with Crippen molar-refractivity contribution in [1.82, 2.24) is 5.16 Å². The van der Waals surface area contributed by atoms with Gasteiger partial charge in [0.25, 0.3) is 11.8 Å². The monoisotopic (exact) mass is 406 g/mol. The highest BCUT2D eigenvalue weighted by molar-refractivity contribution is 5.96. The minimum atomic E-state index is -0.391. The molecule has 1 aromatic heterocycles. The number of aliphatic imine (C=N–C) groups is 3. The van der Waals surface area contributed by atoms with Crippen LogP contribution in [0, 0.1) is 5.92 Å². The van der Waals surface area contributed by atoms with Crippen molar-refractivity contribution in [1.29, 1.82) is 0 Å². The van der Waals surface area contributed by atoms with Crippen molar-refractivity contribution in [3.63, 3.8) is 0 Å². The number of aromatic nitrogens is 1. The van der Waals surface area contributed by atoms with Gasteiger partial charge in [-0.1, -0.05) is 13.8 Å². The quantitative estimate of drug-likeness (QED) is 0.720. The molecule has 0 spiro atoms. The van der Waals surface area contributed by atoms with E-state index in [9.17, 15) is 0 Å². The normalized spacial score (nSPS) is 23.2. The van der Waals surface area contributed by atoms with E-state index >= 15 is 0 Å². The molecule has 0 saturated carbocycles. The highest BCUT2D eigenvalue weighted by Gasteiger charge is 2.36. The van der Waals surface area contributed by atoms with Gasteiger partial charge in [-0.25, -0.2) is 15.0 Å². The van der Waals surface area contributed by atoms with Crippen molar-refractivity contribution in [2.24, 2.45) is 20.9 Å². The van der Waals surface area contributed by atoms with Crippen LogP contribution in [0.3, 0.4) is 0 Å². The van der Waals surface area contributed by atoms with Gasteiger partial charge in [0.2, 0.25) is 17.6 Å². The molecule has 0 radical (unpaired) electrons. The fraction of sp³-hybridized carbons (Fsp3) is 0.700. The van der Waals surface area contributed by atoms with E-state index in [0.717, 1.165) is 5.56 Å². The van der Waals surface area contributed by atoms with Crippen LogP contribution < -0.4 is 4.74 Å². The third kappa shape index (κ3) is 4.38. The number of methoxy groups -OCH3 is 2. The van der Waals surface area contributed by atoms with Gasteiger partial charge in [-0.05, 0) is 31.8 Å². The second kappa shape index (κ2) is 8.42. The fourth-order valence-electron chi connectivity index (χ4n) is 3.28. The zero-order valence-electron chi connectivity index (χ0n) is 18.2. The Kier molecular flexibility index (Phi) is 6.14. The Morgan fingerprint density at radius 2 is 1.86 bits per heavy atom. The van der Waals surface area contributed by atoms with E-state index in [1.807, 2.05) is 20.8 Å². The summed E-state index contributed by atoms with van der Waals surface area (Å²) in [5, 5.41) is 4.08.